The van der Waals surface area contributed by atoms with Gasteiger partial charge >= 0.3 is 5.97 Å². The number of hydrogen-bond donors (Lipinski definition) is 3. The van der Waals surface area contributed by atoms with E-state index in [0.717, 1.165) is 12.5 Å². The number of benzene rings is 1. The predicted octanol–water partition coefficient (Wildman–Crippen LogP) is 1.70. The van der Waals surface area contributed by atoms with Gasteiger partial charge in [-0.3, -0.25) is 4.79 Å². The van der Waals surface area contributed by atoms with Crippen LogP contribution in [0.1, 0.15) is 40.2 Å². The van der Waals surface area contributed by atoms with E-state index in [4.69, 9.17) is 9.84 Å². The van der Waals surface area contributed by atoms with Crippen LogP contribution in [0.3, 0.4) is 0 Å². The molecule has 1 amide bonds. The van der Waals surface area contributed by atoms with Crippen molar-refractivity contribution in [2.24, 2.45) is 0 Å². The van der Waals surface area contributed by atoms with Gasteiger partial charge in [0, 0.05) is 0 Å². The summed E-state index contributed by atoms with van der Waals surface area (Å²) in [6.07, 6.45) is -0.810. The van der Waals surface area contributed by atoms with Gasteiger partial charge in [0.15, 0.2) is 11.7 Å². The third-order valence-electron chi connectivity index (χ3n) is 3.45. The summed E-state index contributed by atoms with van der Waals surface area (Å²) in [7, 11) is 0. The highest BCUT2D eigenvalue weighted by Crippen LogP contribution is 2.26. The molecule has 1 rings (SSSR count). The van der Waals surface area contributed by atoms with E-state index in [2.05, 4.69) is 26.1 Å². The molecule has 23 heavy (non-hydrogen) atoms. The molecule has 0 aromatic heterocycles. The minimum atomic E-state index is -2.01. The Balaban J connectivity index is 2.67. The Bertz CT molecular complexity index is 575. The number of ether oxygens (including phenoxy) is 1. The number of carbonyl (C=O) groups excluding carboxylic acids is 1. The largest absolute Gasteiger partial charge is 0.481 e. The van der Waals surface area contributed by atoms with Gasteiger partial charge in [0.25, 0.3) is 5.91 Å². The van der Waals surface area contributed by atoms with Crippen LogP contribution in [0.25, 0.3) is 0 Å². The lowest BCUT2D eigenvalue weighted by Crippen LogP contribution is -2.49. The second-order valence-electron chi connectivity index (χ2n) is 6.83. The van der Waals surface area contributed by atoms with E-state index in [1.54, 1.807) is 13.0 Å². The number of carboxylic acids is 1. The van der Waals surface area contributed by atoms with E-state index in [1.807, 2.05) is 18.2 Å². The zero-order chi connectivity index (χ0) is 17.8. The van der Waals surface area contributed by atoms with Crippen molar-refractivity contribution < 1.29 is 24.5 Å². The molecule has 0 saturated heterocycles. The molecule has 128 valence electrons. The van der Waals surface area contributed by atoms with Crippen molar-refractivity contribution in [2.45, 2.75) is 51.7 Å². The summed E-state index contributed by atoms with van der Waals surface area (Å²) >= 11 is 0. The maximum atomic E-state index is 12.0. The van der Waals surface area contributed by atoms with Crippen molar-refractivity contribution in [3.8, 4) is 5.75 Å². The second-order valence-corrected chi connectivity index (χ2v) is 6.83. The molecule has 2 atom stereocenters. The molecule has 6 heteroatoms. The van der Waals surface area contributed by atoms with E-state index in [1.165, 1.54) is 0 Å². The SMILES string of the molecule is CC(Oc1cccc(C(C)(C)C)c1)C(=O)NCC(C)(O)C(=O)O. The third-order valence-corrected chi connectivity index (χ3v) is 3.45. The lowest BCUT2D eigenvalue weighted by atomic mass is 9.87. The number of amides is 1. The first-order chi connectivity index (χ1) is 10.4. The second kappa shape index (κ2) is 7.00. The molecular weight excluding hydrogens is 298 g/mol. The average Bonchev–Trinajstić information content (AvgIpc) is 2.44. The van der Waals surface area contributed by atoms with Gasteiger partial charge < -0.3 is 20.3 Å². The molecule has 0 bridgehead atoms. The number of rotatable bonds is 6. The molecule has 0 aliphatic rings. The van der Waals surface area contributed by atoms with Gasteiger partial charge in [-0.2, -0.15) is 0 Å². The van der Waals surface area contributed by atoms with Crippen molar-refractivity contribution >= 4 is 11.9 Å². The lowest BCUT2D eigenvalue weighted by molar-refractivity contribution is -0.156. The fraction of sp³-hybridized carbons (Fsp3) is 0.529. The van der Waals surface area contributed by atoms with Gasteiger partial charge in [0.2, 0.25) is 0 Å². The van der Waals surface area contributed by atoms with Crippen molar-refractivity contribution in [3.63, 3.8) is 0 Å². The number of aliphatic hydroxyl groups is 1. The van der Waals surface area contributed by atoms with Gasteiger partial charge in [-0.05, 0) is 37.0 Å². The smallest absolute Gasteiger partial charge is 0.337 e. The minimum Gasteiger partial charge on any atom is -0.481 e. The van der Waals surface area contributed by atoms with Crippen LogP contribution in [-0.2, 0) is 15.0 Å². The van der Waals surface area contributed by atoms with E-state index >= 15 is 0 Å². The van der Waals surface area contributed by atoms with Crippen LogP contribution in [-0.4, -0.2) is 40.3 Å². The molecule has 0 saturated carbocycles. The van der Waals surface area contributed by atoms with Gasteiger partial charge in [0.05, 0.1) is 6.54 Å². The van der Waals surface area contributed by atoms with Crippen LogP contribution in [0.5, 0.6) is 5.75 Å². The fourth-order valence-corrected chi connectivity index (χ4v) is 1.77. The highest BCUT2D eigenvalue weighted by atomic mass is 16.5. The Kier molecular flexibility index (Phi) is 5.77. The summed E-state index contributed by atoms with van der Waals surface area (Å²) in [5, 5.41) is 20.8. The Hall–Kier alpha value is -2.08. The molecule has 0 heterocycles. The van der Waals surface area contributed by atoms with Gasteiger partial charge in [-0.15, -0.1) is 0 Å². The zero-order valence-electron chi connectivity index (χ0n) is 14.2. The van der Waals surface area contributed by atoms with Gasteiger partial charge in [0.1, 0.15) is 5.75 Å². The molecule has 3 N–H and O–H groups in total. The number of carbonyl (C=O) groups is 2. The Morgan fingerprint density at radius 3 is 2.39 bits per heavy atom. The maximum absolute atomic E-state index is 12.0. The highest BCUT2D eigenvalue weighted by molar-refractivity contribution is 5.82. The molecule has 2 unspecified atom stereocenters. The Morgan fingerprint density at radius 2 is 1.87 bits per heavy atom. The van der Waals surface area contributed by atoms with Gasteiger partial charge in [-0.25, -0.2) is 4.79 Å². The maximum Gasteiger partial charge on any atom is 0.337 e. The van der Waals surface area contributed by atoms with Crippen molar-refractivity contribution in [1.82, 2.24) is 5.32 Å². The lowest BCUT2D eigenvalue weighted by Gasteiger charge is -2.22. The molecule has 1 aromatic carbocycles. The molecule has 0 radical (unpaired) electrons. The first-order valence-electron chi connectivity index (χ1n) is 7.44. The molecule has 0 aliphatic heterocycles. The fourth-order valence-electron chi connectivity index (χ4n) is 1.77. The van der Waals surface area contributed by atoms with Crippen LogP contribution >= 0.6 is 0 Å². The van der Waals surface area contributed by atoms with Crippen molar-refractivity contribution in [2.75, 3.05) is 6.54 Å². The summed E-state index contributed by atoms with van der Waals surface area (Å²) in [5.74, 6) is -1.33. The van der Waals surface area contributed by atoms with Crippen LogP contribution in [0.4, 0.5) is 0 Å². The molecule has 0 fully saturated rings. The van der Waals surface area contributed by atoms with Crippen LogP contribution < -0.4 is 10.1 Å². The molecule has 6 nitrogen and oxygen atoms in total. The summed E-state index contributed by atoms with van der Waals surface area (Å²) in [6, 6.07) is 7.47. The summed E-state index contributed by atoms with van der Waals surface area (Å²) in [6.45, 7) is 8.53. The van der Waals surface area contributed by atoms with E-state index in [9.17, 15) is 14.7 Å². The Morgan fingerprint density at radius 1 is 1.26 bits per heavy atom. The Labute approximate surface area is 136 Å². The minimum absolute atomic E-state index is 0.0367. The molecule has 0 aliphatic carbocycles. The summed E-state index contributed by atoms with van der Waals surface area (Å²) in [4.78, 5) is 22.8. The van der Waals surface area contributed by atoms with Crippen LogP contribution in [0.15, 0.2) is 24.3 Å². The standard InChI is InChI=1S/C17H25NO5/c1-11(14(19)18-10-17(5,22)15(20)21)23-13-8-6-7-12(9-13)16(2,3)4/h6-9,11,22H,10H2,1-5H3,(H,18,19)(H,20,21). The number of aliphatic carboxylic acids is 1. The normalized spacial score (nSPS) is 15.4. The number of nitrogens with one attached hydrogen (secondary N) is 1. The van der Waals surface area contributed by atoms with E-state index in [-0.39, 0.29) is 5.41 Å². The van der Waals surface area contributed by atoms with Crippen molar-refractivity contribution in [1.29, 1.82) is 0 Å². The van der Waals surface area contributed by atoms with Crippen LogP contribution in [0, 0.1) is 0 Å². The predicted molar refractivity (Wildman–Crippen MR) is 86.5 cm³/mol. The van der Waals surface area contributed by atoms with Crippen molar-refractivity contribution in [3.05, 3.63) is 29.8 Å². The van der Waals surface area contributed by atoms with E-state index < -0.39 is 30.1 Å². The topological polar surface area (TPSA) is 95.9 Å². The van der Waals surface area contributed by atoms with E-state index in [0.29, 0.717) is 5.75 Å². The first kappa shape index (κ1) is 19.0. The molecule has 1 aromatic rings. The molecule has 0 spiro atoms. The highest BCUT2D eigenvalue weighted by Gasteiger charge is 2.31. The summed E-state index contributed by atoms with van der Waals surface area (Å²) < 4.78 is 5.60. The zero-order valence-corrected chi connectivity index (χ0v) is 14.2. The monoisotopic (exact) mass is 323 g/mol. The van der Waals surface area contributed by atoms with Gasteiger partial charge in [-0.1, -0.05) is 32.9 Å². The summed E-state index contributed by atoms with van der Waals surface area (Å²) in [5.41, 5.74) is -0.969. The molecular formula is C17H25NO5. The number of carboxylic acid groups (broad SMARTS) is 1. The quantitative estimate of drug-likeness (QED) is 0.740. The number of hydrogen-bond acceptors (Lipinski definition) is 4. The van der Waals surface area contributed by atoms with Crippen LogP contribution in [0.2, 0.25) is 0 Å². The first-order valence-corrected chi connectivity index (χ1v) is 7.44. The average molecular weight is 323 g/mol. The third kappa shape index (κ3) is 5.56.